The number of carbonyl (C=O) groups excluding carboxylic acids is 1. The van der Waals surface area contributed by atoms with Crippen LogP contribution < -0.4 is 4.90 Å². The largest absolute Gasteiger partial charge is 0.341 e. The topological polar surface area (TPSA) is 67.2 Å². The van der Waals surface area contributed by atoms with Crippen LogP contribution in [0.25, 0.3) is 11.3 Å². The average Bonchev–Trinajstić information content (AvgIpc) is 3.59. The second kappa shape index (κ2) is 8.96. The van der Waals surface area contributed by atoms with E-state index in [1.54, 1.807) is 0 Å². The van der Waals surface area contributed by atoms with Gasteiger partial charge in [-0.2, -0.15) is 5.10 Å². The standard InChI is InChI=1S/C26H32N6O/c1-18-8-10-20(11-9-18)19(2)25(33)32-16-6-7-23(32)24-21(17-28-30(24)3)22-12-13-27-26(29-22)31-14-4-5-15-31/h8-13,17,19,23H,4-7,14-16H2,1-3H3/t19-,23+/m1/s1. The SMILES string of the molecule is Cc1ccc([C@@H](C)C(=O)N2CCC[C@H]2c2c(-c3ccnc(N4CCCC4)n3)cnn2C)cc1. The third-order valence-corrected chi connectivity index (χ3v) is 7.09. The molecule has 3 aromatic rings. The van der Waals surface area contributed by atoms with Gasteiger partial charge in [0.15, 0.2) is 0 Å². The lowest BCUT2D eigenvalue weighted by atomic mass is 9.97. The second-order valence-electron chi connectivity index (χ2n) is 9.33. The van der Waals surface area contributed by atoms with E-state index in [0.717, 1.165) is 60.9 Å². The predicted molar refractivity (Wildman–Crippen MR) is 129 cm³/mol. The Labute approximate surface area is 195 Å². The van der Waals surface area contributed by atoms with Crippen molar-refractivity contribution in [1.29, 1.82) is 0 Å². The van der Waals surface area contributed by atoms with Crippen LogP contribution in [0.2, 0.25) is 0 Å². The van der Waals surface area contributed by atoms with E-state index in [4.69, 9.17) is 4.98 Å². The van der Waals surface area contributed by atoms with Crippen LogP contribution in [0.5, 0.6) is 0 Å². The quantitative estimate of drug-likeness (QED) is 0.588. The van der Waals surface area contributed by atoms with Gasteiger partial charge in [-0.15, -0.1) is 0 Å². The molecule has 0 unspecified atom stereocenters. The first kappa shape index (κ1) is 21.6. The highest BCUT2D eigenvalue weighted by atomic mass is 16.2. The number of aryl methyl sites for hydroxylation is 2. The lowest BCUT2D eigenvalue weighted by molar-refractivity contribution is -0.133. The number of hydrogen-bond acceptors (Lipinski definition) is 5. The Kier molecular flexibility index (Phi) is 5.87. The zero-order valence-electron chi connectivity index (χ0n) is 19.7. The zero-order valence-corrected chi connectivity index (χ0v) is 19.7. The number of anilines is 1. The minimum absolute atomic E-state index is 0.00176. The van der Waals surface area contributed by atoms with Crippen LogP contribution >= 0.6 is 0 Å². The summed E-state index contributed by atoms with van der Waals surface area (Å²) in [5, 5.41) is 4.58. The summed E-state index contributed by atoms with van der Waals surface area (Å²) >= 11 is 0. The van der Waals surface area contributed by atoms with Gasteiger partial charge in [-0.1, -0.05) is 29.8 Å². The Hall–Kier alpha value is -3.22. The number of amides is 1. The van der Waals surface area contributed by atoms with Crippen molar-refractivity contribution in [3.05, 3.63) is 59.5 Å². The van der Waals surface area contributed by atoms with Crippen molar-refractivity contribution in [3.8, 4) is 11.3 Å². The van der Waals surface area contributed by atoms with Crippen LogP contribution in [0.4, 0.5) is 5.95 Å². The minimum Gasteiger partial charge on any atom is -0.341 e. The summed E-state index contributed by atoms with van der Waals surface area (Å²) in [6.07, 6.45) is 8.01. The second-order valence-corrected chi connectivity index (χ2v) is 9.33. The zero-order chi connectivity index (χ0) is 22.9. The van der Waals surface area contributed by atoms with Gasteiger partial charge in [0.25, 0.3) is 0 Å². The molecule has 7 heteroatoms. The van der Waals surface area contributed by atoms with E-state index in [-0.39, 0.29) is 17.9 Å². The van der Waals surface area contributed by atoms with Crippen molar-refractivity contribution in [1.82, 2.24) is 24.6 Å². The molecular weight excluding hydrogens is 412 g/mol. The maximum atomic E-state index is 13.6. The van der Waals surface area contributed by atoms with E-state index < -0.39 is 0 Å². The Morgan fingerprint density at radius 1 is 1.06 bits per heavy atom. The van der Waals surface area contributed by atoms with E-state index >= 15 is 0 Å². The Balaban J connectivity index is 1.45. The van der Waals surface area contributed by atoms with Crippen molar-refractivity contribution < 1.29 is 4.79 Å². The third-order valence-electron chi connectivity index (χ3n) is 7.09. The lowest BCUT2D eigenvalue weighted by Crippen LogP contribution is -2.34. The molecule has 0 aliphatic carbocycles. The van der Waals surface area contributed by atoms with Gasteiger partial charge >= 0.3 is 0 Å². The average molecular weight is 445 g/mol. The summed E-state index contributed by atoms with van der Waals surface area (Å²) in [5.74, 6) is 0.782. The van der Waals surface area contributed by atoms with Crippen molar-refractivity contribution >= 4 is 11.9 Å². The summed E-state index contributed by atoms with van der Waals surface area (Å²) < 4.78 is 1.92. The van der Waals surface area contributed by atoms with Crippen LogP contribution in [0, 0.1) is 6.92 Å². The van der Waals surface area contributed by atoms with Gasteiger partial charge in [0.2, 0.25) is 11.9 Å². The van der Waals surface area contributed by atoms with Crippen LogP contribution in [0.15, 0.2) is 42.7 Å². The van der Waals surface area contributed by atoms with Crippen LogP contribution in [-0.4, -0.2) is 50.2 Å². The Morgan fingerprint density at radius 2 is 1.82 bits per heavy atom. The molecule has 2 aliphatic heterocycles. The summed E-state index contributed by atoms with van der Waals surface area (Å²) in [6, 6.07) is 10.2. The van der Waals surface area contributed by atoms with Crippen molar-refractivity contribution in [2.75, 3.05) is 24.5 Å². The molecule has 172 valence electrons. The molecule has 2 aromatic heterocycles. The maximum Gasteiger partial charge on any atom is 0.230 e. The molecule has 2 fully saturated rings. The number of benzene rings is 1. The van der Waals surface area contributed by atoms with Gasteiger partial charge in [-0.3, -0.25) is 9.48 Å². The summed E-state index contributed by atoms with van der Waals surface area (Å²) in [6.45, 7) is 6.86. The number of rotatable bonds is 5. The van der Waals surface area contributed by atoms with Gasteiger partial charge < -0.3 is 9.80 Å². The number of likely N-dealkylation sites (tertiary alicyclic amines) is 1. The minimum atomic E-state index is -0.177. The summed E-state index contributed by atoms with van der Waals surface area (Å²) in [4.78, 5) is 27.3. The normalized spacial score (nSPS) is 19.3. The molecule has 0 N–H and O–H groups in total. The fourth-order valence-corrected chi connectivity index (χ4v) is 5.17. The number of hydrogen-bond donors (Lipinski definition) is 0. The summed E-state index contributed by atoms with van der Waals surface area (Å²) in [7, 11) is 1.96. The highest BCUT2D eigenvalue weighted by Gasteiger charge is 2.36. The Morgan fingerprint density at radius 3 is 2.58 bits per heavy atom. The van der Waals surface area contributed by atoms with E-state index in [2.05, 4.69) is 46.2 Å². The lowest BCUT2D eigenvalue weighted by Gasteiger charge is -2.28. The fraction of sp³-hybridized carbons (Fsp3) is 0.462. The molecule has 2 atom stereocenters. The fourth-order valence-electron chi connectivity index (χ4n) is 5.17. The van der Waals surface area contributed by atoms with E-state index in [9.17, 15) is 4.79 Å². The molecule has 1 aromatic carbocycles. The van der Waals surface area contributed by atoms with Crippen LogP contribution in [0.3, 0.4) is 0 Å². The van der Waals surface area contributed by atoms with Crippen molar-refractivity contribution in [2.24, 2.45) is 7.05 Å². The number of aromatic nitrogens is 4. The van der Waals surface area contributed by atoms with Gasteiger partial charge in [-0.05, 0) is 51.2 Å². The van der Waals surface area contributed by atoms with Gasteiger partial charge in [0.05, 0.1) is 29.5 Å². The number of carbonyl (C=O) groups is 1. The van der Waals surface area contributed by atoms with E-state index in [0.29, 0.717) is 0 Å². The molecule has 0 radical (unpaired) electrons. The molecule has 2 aliphatic rings. The van der Waals surface area contributed by atoms with Crippen LogP contribution in [-0.2, 0) is 11.8 Å². The molecule has 5 rings (SSSR count). The molecule has 0 bridgehead atoms. The first-order chi connectivity index (χ1) is 16.0. The third kappa shape index (κ3) is 4.12. The predicted octanol–water partition coefficient (Wildman–Crippen LogP) is 4.25. The van der Waals surface area contributed by atoms with E-state index in [1.165, 1.54) is 18.4 Å². The van der Waals surface area contributed by atoms with Gasteiger partial charge in [0.1, 0.15) is 0 Å². The molecule has 2 saturated heterocycles. The molecule has 0 saturated carbocycles. The summed E-state index contributed by atoms with van der Waals surface area (Å²) in [5.41, 5.74) is 5.19. The molecule has 0 spiro atoms. The Bertz CT molecular complexity index is 1130. The number of nitrogens with zero attached hydrogens (tertiary/aromatic N) is 6. The highest BCUT2D eigenvalue weighted by Crippen LogP contribution is 2.39. The van der Waals surface area contributed by atoms with Crippen molar-refractivity contribution in [3.63, 3.8) is 0 Å². The van der Waals surface area contributed by atoms with E-state index in [1.807, 2.05) is 42.0 Å². The highest BCUT2D eigenvalue weighted by molar-refractivity contribution is 5.84. The maximum absolute atomic E-state index is 13.6. The first-order valence-electron chi connectivity index (χ1n) is 12.0. The molecule has 33 heavy (non-hydrogen) atoms. The molecular formula is C26H32N6O. The molecule has 4 heterocycles. The van der Waals surface area contributed by atoms with Gasteiger partial charge in [-0.25, -0.2) is 9.97 Å². The molecule has 1 amide bonds. The first-order valence-corrected chi connectivity index (χ1v) is 12.0. The van der Waals surface area contributed by atoms with Crippen molar-refractivity contribution in [2.45, 2.75) is 51.5 Å². The smallest absolute Gasteiger partial charge is 0.230 e. The van der Waals surface area contributed by atoms with Crippen LogP contribution in [0.1, 0.15) is 61.4 Å². The molecule has 7 nitrogen and oxygen atoms in total. The monoisotopic (exact) mass is 444 g/mol. The van der Waals surface area contributed by atoms with Gasteiger partial charge in [0, 0.05) is 38.4 Å².